The molecule has 2 aromatic rings. The summed E-state index contributed by atoms with van der Waals surface area (Å²) in [4.78, 5) is 23.9. The molecule has 2 aromatic carbocycles. The van der Waals surface area contributed by atoms with Gasteiger partial charge in [0.15, 0.2) is 0 Å². The van der Waals surface area contributed by atoms with E-state index in [0.717, 1.165) is 5.56 Å². The second kappa shape index (κ2) is 7.17. The molecule has 0 aliphatic heterocycles. The molecule has 0 aliphatic carbocycles. The van der Waals surface area contributed by atoms with Crippen LogP contribution in [-0.4, -0.2) is 22.8 Å². The fraction of sp³-hybridized carbons (Fsp3) is 0.118. The van der Waals surface area contributed by atoms with E-state index in [1.54, 1.807) is 30.2 Å². The van der Waals surface area contributed by atoms with Crippen LogP contribution in [0.25, 0.3) is 6.08 Å². The molecule has 2 rings (SSSR count). The molecule has 0 bridgehead atoms. The van der Waals surface area contributed by atoms with Crippen LogP contribution in [0, 0.1) is 10.1 Å². The maximum absolute atomic E-state index is 12.0. The lowest BCUT2D eigenvalue weighted by Crippen LogP contribution is -2.23. The van der Waals surface area contributed by atoms with E-state index in [9.17, 15) is 14.9 Å². The molecule has 22 heavy (non-hydrogen) atoms. The molecule has 0 unspecified atom stereocenters. The summed E-state index contributed by atoms with van der Waals surface area (Å²) in [6.07, 6.45) is 3.00. The predicted molar refractivity (Wildman–Crippen MR) is 85.0 cm³/mol. The zero-order valence-corrected chi connectivity index (χ0v) is 12.2. The van der Waals surface area contributed by atoms with Gasteiger partial charge in [-0.2, -0.15) is 0 Å². The third kappa shape index (κ3) is 4.28. The number of carbonyl (C=O) groups is 1. The fourth-order valence-electron chi connectivity index (χ4n) is 1.97. The van der Waals surface area contributed by atoms with Crippen LogP contribution in [0.15, 0.2) is 60.7 Å². The molecule has 0 N–H and O–H groups in total. The van der Waals surface area contributed by atoms with Crippen molar-refractivity contribution in [2.45, 2.75) is 6.54 Å². The number of rotatable bonds is 5. The van der Waals surface area contributed by atoms with Gasteiger partial charge in [-0.25, -0.2) is 0 Å². The van der Waals surface area contributed by atoms with Gasteiger partial charge >= 0.3 is 0 Å². The summed E-state index contributed by atoms with van der Waals surface area (Å²) in [5.41, 5.74) is 1.67. The van der Waals surface area contributed by atoms with E-state index < -0.39 is 4.92 Å². The van der Waals surface area contributed by atoms with Gasteiger partial charge in [0.25, 0.3) is 5.69 Å². The SMILES string of the molecule is CN(Cc1ccccc1)C(=O)/C=C/c1cccc([N+](=O)[O-])c1. The van der Waals surface area contributed by atoms with Crippen molar-refractivity contribution in [3.63, 3.8) is 0 Å². The van der Waals surface area contributed by atoms with Crippen LogP contribution < -0.4 is 0 Å². The molecule has 0 saturated heterocycles. The summed E-state index contributed by atoms with van der Waals surface area (Å²) in [5, 5.41) is 10.7. The molecule has 5 heteroatoms. The lowest BCUT2D eigenvalue weighted by atomic mass is 10.2. The second-order valence-corrected chi connectivity index (χ2v) is 4.87. The Hall–Kier alpha value is -2.95. The molecular weight excluding hydrogens is 280 g/mol. The van der Waals surface area contributed by atoms with E-state index in [-0.39, 0.29) is 11.6 Å². The first-order valence-electron chi connectivity index (χ1n) is 6.78. The van der Waals surface area contributed by atoms with E-state index >= 15 is 0 Å². The van der Waals surface area contributed by atoms with Crippen LogP contribution in [-0.2, 0) is 11.3 Å². The third-order valence-corrected chi connectivity index (χ3v) is 3.14. The Balaban J connectivity index is 2.01. The number of likely N-dealkylation sites (N-methyl/N-ethyl adjacent to an activating group) is 1. The van der Waals surface area contributed by atoms with E-state index in [1.165, 1.54) is 18.2 Å². The minimum Gasteiger partial charge on any atom is -0.338 e. The van der Waals surface area contributed by atoms with E-state index in [0.29, 0.717) is 12.1 Å². The fourth-order valence-corrected chi connectivity index (χ4v) is 1.97. The van der Waals surface area contributed by atoms with Gasteiger partial charge in [-0.1, -0.05) is 42.5 Å². The Bertz CT molecular complexity index is 696. The molecule has 5 nitrogen and oxygen atoms in total. The van der Waals surface area contributed by atoms with Gasteiger partial charge in [0, 0.05) is 31.8 Å². The number of carbonyl (C=O) groups excluding carboxylic acids is 1. The summed E-state index contributed by atoms with van der Waals surface area (Å²) in [5.74, 6) is -0.157. The number of hydrogen-bond donors (Lipinski definition) is 0. The lowest BCUT2D eigenvalue weighted by Gasteiger charge is -2.14. The van der Waals surface area contributed by atoms with Crippen molar-refractivity contribution in [1.29, 1.82) is 0 Å². The minimum absolute atomic E-state index is 0.00670. The number of nitro groups is 1. The van der Waals surface area contributed by atoms with Crippen molar-refractivity contribution in [3.8, 4) is 0 Å². The highest BCUT2D eigenvalue weighted by Gasteiger charge is 2.07. The largest absolute Gasteiger partial charge is 0.338 e. The average Bonchev–Trinajstić information content (AvgIpc) is 2.53. The van der Waals surface area contributed by atoms with Gasteiger partial charge in [-0.15, -0.1) is 0 Å². The Kier molecular flexibility index (Phi) is 5.03. The van der Waals surface area contributed by atoms with Crippen LogP contribution in [0.1, 0.15) is 11.1 Å². The average molecular weight is 296 g/mol. The first kappa shape index (κ1) is 15.4. The first-order chi connectivity index (χ1) is 10.6. The Morgan fingerprint density at radius 2 is 1.91 bits per heavy atom. The molecule has 0 saturated carbocycles. The number of non-ortho nitro benzene ring substituents is 1. The van der Waals surface area contributed by atoms with Crippen LogP contribution >= 0.6 is 0 Å². The Morgan fingerprint density at radius 1 is 1.18 bits per heavy atom. The summed E-state index contributed by atoms with van der Waals surface area (Å²) in [6.45, 7) is 0.513. The van der Waals surface area contributed by atoms with Crippen molar-refractivity contribution in [1.82, 2.24) is 4.90 Å². The molecule has 0 atom stereocenters. The Labute approximate surface area is 128 Å². The standard InChI is InChI=1S/C17H16N2O3/c1-18(13-15-6-3-2-4-7-15)17(20)11-10-14-8-5-9-16(12-14)19(21)22/h2-12H,13H2,1H3/b11-10+. The van der Waals surface area contributed by atoms with Crippen LogP contribution in [0.3, 0.4) is 0 Å². The van der Waals surface area contributed by atoms with Gasteiger partial charge in [0.1, 0.15) is 0 Å². The van der Waals surface area contributed by atoms with Crippen molar-refractivity contribution in [2.75, 3.05) is 7.05 Å². The molecule has 0 fully saturated rings. The molecule has 0 heterocycles. The van der Waals surface area contributed by atoms with Crippen molar-refractivity contribution < 1.29 is 9.72 Å². The summed E-state index contributed by atoms with van der Waals surface area (Å²) in [6, 6.07) is 15.8. The maximum Gasteiger partial charge on any atom is 0.270 e. The number of nitro benzene ring substituents is 1. The second-order valence-electron chi connectivity index (χ2n) is 4.87. The van der Waals surface area contributed by atoms with Crippen molar-refractivity contribution in [3.05, 3.63) is 81.9 Å². The van der Waals surface area contributed by atoms with Gasteiger partial charge < -0.3 is 4.90 Å². The topological polar surface area (TPSA) is 63.5 Å². The predicted octanol–water partition coefficient (Wildman–Crippen LogP) is 3.27. The quantitative estimate of drug-likeness (QED) is 0.483. The third-order valence-electron chi connectivity index (χ3n) is 3.14. The highest BCUT2D eigenvalue weighted by molar-refractivity contribution is 5.91. The van der Waals surface area contributed by atoms with E-state index in [4.69, 9.17) is 0 Å². The summed E-state index contributed by atoms with van der Waals surface area (Å²) < 4.78 is 0. The highest BCUT2D eigenvalue weighted by Crippen LogP contribution is 2.14. The Morgan fingerprint density at radius 3 is 2.59 bits per heavy atom. The van der Waals surface area contributed by atoms with Gasteiger partial charge in [0.05, 0.1) is 4.92 Å². The van der Waals surface area contributed by atoms with E-state index in [1.807, 2.05) is 30.3 Å². The molecular formula is C17H16N2O3. The minimum atomic E-state index is -0.458. The molecule has 112 valence electrons. The van der Waals surface area contributed by atoms with Crippen molar-refractivity contribution >= 4 is 17.7 Å². The van der Waals surface area contributed by atoms with Gasteiger partial charge in [0.2, 0.25) is 5.91 Å². The summed E-state index contributed by atoms with van der Waals surface area (Å²) >= 11 is 0. The lowest BCUT2D eigenvalue weighted by molar-refractivity contribution is -0.384. The summed E-state index contributed by atoms with van der Waals surface area (Å²) in [7, 11) is 1.72. The zero-order valence-electron chi connectivity index (χ0n) is 12.2. The first-order valence-corrected chi connectivity index (χ1v) is 6.78. The van der Waals surface area contributed by atoms with Crippen LogP contribution in [0.5, 0.6) is 0 Å². The van der Waals surface area contributed by atoms with Gasteiger partial charge in [-0.3, -0.25) is 14.9 Å². The van der Waals surface area contributed by atoms with Gasteiger partial charge in [-0.05, 0) is 17.2 Å². The number of amides is 1. The smallest absolute Gasteiger partial charge is 0.270 e. The number of hydrogen-bond acceptors (Lipinski definition) is 3. The molecule has 0 radical (unpaired) electrons. The molecule has 0 aliphatic rings. The van der Waals surface area contributed by atoms with Crippen molar-refractivity contribution in [2.24, 2.45) is 0 Å². The number of nitrogens with zero attached hydrogens (tertiary/aromatic N) is 2. The van der Waals surface area contributed by atoms with E-state index in [2.05, 4.69) is 0 Å². The zero-order chi connectivity index (χ0) is 15.9. The molecule has 1 amide bonds. The maximum atomic E-state index is 12.0. The number of benzene rings is 2. The molecule has 0 spiro atoms. The normalized spacial score (nSPS) is 10.6. The monoisotopic (exact) mass is 296 g/mol. The highest BCUT2D eigenvalue weighted by atomic mass is 16.6. The van der Waals surface area contributed by atoms with Crippen LogP contribution in [0.4, 0.5) is 5.69 Å². The van der Waals surface area contributed by atoms with Crippen LogP contribution in [0.2, 0.25) is 0 Å². The molecule has 0 aromatic heterocycles.